The zero-order chi connectivity index (χ0) is 16.1. The number of nitrogens with zero attached hydrogens (tertiary/aromatic N) is 1. The summed E-state index contributed by atoms with van der Waals surface area (Å²) in [4.78, 5) is 12.5. The number of thioether (sulfide) groups is 1. The maximum Gasteiger partial charge on any atom is 0.233 e. The van der Waals surface area contributed by atoms with Crippen molar-refractivity contribution in [3.05, 3.63) is 0 Å². The van der Waals surface area contributed by atoms with Gasteiger partial charge in [0.25, 0.3) is 0 Å². The van der Waals surface area contributed by atoms with Gasteiger partial charge in [0.15, 0.2) is 5.84 Å². The summed E-state index contributed by atoms with van der Waals surface area (Å²) >= 11 is 1.84. The monoisotopic (exact) mass is 317 g/mol. The van der Waals surface area contributed by atoms with Crippen molar-refractivity contribution in [2.75, 3.05) is 18.6 Å². The van der Waals surface area contributed by atoms with Crippen LogP contribution in [-0.4, -0.2) is 35.5 Å². The molecule has 0 saturated heterocycles. The Hall–Kier alpha value is -0.910. The highest BCUT2D eigenvalue weighted by Gasteiger charge is 2.41. The van der Waals surface area contributed by atoms with E-state index in [1.807, 2.05) is 25.6 Å². The number of nitrogens with two attached hydrogens (primary N) is 1. The van der Waals surface area contributed by atoms with Crippen LogP contribution in [0.3, 0.4) is 0 Å². The van der Waals surface area contributed by atoms with E-state index in [2.05, 4.69) is 16.7 Å². The van der Waals surface area contributed by atoms with E-state index < -0.39 is 5.41 Å². The van der Waals surface area contributed by atoms with Crippen molar-refractivity contribution < 1.29 is 10.0 Å². The molecule has 0 unspecified atom stereocenters. The first kappa shape index (κ1) is 20.1. The molecule has 6 heteroatoms. The Balaban J connectivity index is 4.57. The van der Waals surface area contributed by atoms with Gasteiger partial charge in [0, 0.05) is 6.54 Å². The summed E-state index contributed by atoms with van der Waals surface area (Å²) in [6.07, 6.45) is 8.20. The highest BCUT2D eigenvalue weighted by Crippen LogP contribution is 2.30. The van der Waals surface area contributed by atoms with Crippen LogP contribution in [0.4, 0.5) is 0 Å². The Morgan fingerprint density at radius 3 is 2.33 bits per heavy atom. The number of carbonyl (C=O) groups excluding carboxylic acids is 1. The summed E-state index contributed by atoms with van der Waals surface area (Å²) in [7, 11) is 0. The van der Waals surface area contributed by atoms with Gasteiger partial charge in [-0.05, 0) is 37.7 Å². The lowest BCUT2D eigenvalue weighted by Crippen LogP contribution is -2.50. The molecule has 1 amide bonds. The summed E-state index contributed by atoms with van der Waals surface area (Å²) in [5.41, 5.74) is 4.97. The van der Waals surface area contributed by atoms with Crippen molar-refractivity contribution in [2.24, 2.45) is 16.3 Å². The highest BCUT2D eigenvalue weighted by atomic mass is 32.2. The molecule has 0 saturated carbocycles. The normalized spacial score (nSPS) is 12.4. The van der Waals surface area contributed by atoms with Gasteiger partial charge in [-0.25, -0.2) is 0 Å². The maximum absolute atomic E-state index is 12.5. The van der Waals surface area contributed by atoms with Gasteiger partial charge in [-0.1, -0.05) is 38.3 Å². The first-order chi connectivity index (χ1) is 10.1. The van der Waals surface area contributed by atoms with E-state index in [4.69, 9.17) is 10.9 Å². The Morgan fingerprint density at radius 1 is 1.24 bits per heavy atom. The number of carbonyl (C=O) groups is 1. The van der Waals surface area contributed by atoms with Crippen LogP contribution < -0.4 is 11.1 Å². The number of amides is 1. The van der Waals surface area contributed by atoms with Crippen LogP contribution >= 0.6 is 11.8 Å². The van der Waals surface area contributed by atoms with Gasteiger partial charge in [0.1, 0.15) is 5.41 Å². The van der Waals surface area contributed by atoms with Crippen LogP contribution in [-0.2, 0) is 4.79 Å². The molecule has 4 N–H and O–H groups in total. The molecule has 0 aliphatic carbocycles. The Labute approximate surface area is 133 Å². The van der Waals surface area contributed by atoms with Crippen molar-refractivity contribution in [1.82, 2.24) is 5.32 Å². The minimum atomic E-state index is -0.864. The predicted molar refractivity (Wildman–Crippen MR) is 90.9 cm³/mol. The molecule has 0 spiro atoms. The fourth-order valence-corrected chi connectivity index (χ4v) is 3.09. The summed E-state index contributed by atoms with van der Waals surface area (Å²) in [6.45, 7) is 4.66. The van der Waals surface area contributed by atoms with E-state index in [9.17, 15) is 4.79 Å². The lowest BCUT2D eigenvalue weighted by atomic mass is 9.77. The molecule has 0 aromatic carbocycles. The third-order valence-corrected chi connectivity index (χ3v) is 4.39. The molecule has 21 heavy (non-hydrogen) atoms. The van der Waals surface area contributed by atoms with Gasteiger partial charge in [0.05, 0.1) is 0 Å². The molecule has 5 nitrogen and oxygen atoms in total. The SMILES string of the molecule is CCCC(CCC)(C(=O)NCCCCCSC)C(N)=NO. The highest BCUT2D eigenvalue weighted by molar-refractivity contribution is 7.98. The predicted octanol–water partition coefficient (Wildman–Crippen LogP) is 2.97. The average Bonchev–Trinajstić information content (AvgIpc) is 2.49. The molecule has 0 aliphatic rings. The second kappa shape index (κ2) is 11.7. The van der Waals surface area contributed by atoms with Gasteiger partial charge >= 0.3 is 0 Å². The van der Waals surface area contributed by atoms with Crippen LogP contribution in [0.1, 0.15) is 58.8 Å². The first-order valence-corrected chi connectivity index (χ1v) is 9.23. The van der Waals surface area contributed by atoms with Crippen molar-refractivity contribution in [3.63, 3.8) is 0 Å². The number of nitrogens with one attached hydrogen (secondary N) is 1. The standard InChI is InChI=1S/C15H31N3O2S/c1-4-9-15(10-5-2,13(16)18-20)14(19)17-11-7-6-8-12-21-3/h20H,4-12H2,1-3H3,(H2,16,18)(H,17,19). The third-order valence-electron chi connectivity index (χ3n) is 3.70. The average molecular weight is 317 g/mol. The van der Waals surface area contributed by atoms with E-state index in [1.165, 1.54) is 6.42 Å². The fourth-order valence-electron chi connectivity index (χ4n) is 2.59. The second-order valence-corrected chi connectivity index (χ2v) is 6.36. The Morgan fingerprint density at radius 2 is 1.86 bits per heavy atom. The molecule has 0 heterocycles. The summed E-state index contributed by atoms with van der Waals surface area (Å²) in [6, 6.07) is 0. The molecule has 124 valence electrons. The molecular formula is C15H31N3O2S. The molecule has 0 radical (unpaired) electrons. The number of rotatable bonds is 12. The quantitative estimate of drug-likeness (QED) is 0.170. The number of oxime groups is 1. The Bertz CT molecular complexity index is 316. The van der Waals surface area contributed by atoms with Gasteiger partial charge in [-0.3, -0.25) is 4.79 Å². The molecule has 0 aromatic heterocycles. The van der Waals surface area contributed by atoms with E-state index in [0.29, 0.717) is 19.4 Å². The van der Waals surface area contributed by atoms with Crippen LogP contribution in [0, 0.1) is 5.41 Å². The van der Waals surface area contributed by atoms with Crippen molar-refractivity contribution in [3.8, 4) is 0 Å². The summed E-state index contributed by atoms with van der Waals surface area (Å²) in [5.74, 6) is 1.09. The molecule has 0 bridgehead atoms. The number of unbranched alkanes of at least 4 members (excludes halogenated alkanes) is 2. The molecule has 0 aliphatic heterocycles. The Kier molecular flexibility index (Phi) is 11.2. The third kappa shape index (κ3) is 6.59. The van der Waals surface area contributed by atoms with Crippen molar-refractivity contribution in [2.45, 2.75) is 58.8 Å². The maximum atomic E-state index is 12.5. The summed E-state index contributed by atoms with van der Waals surface area (Å²) in [5, 5.41) is 15.1. The lowest BCUT2D eigenvalue weighted by molar-refractivity contribution is -0.128. The van der Waals surface area contributed by atoms with Gasteiger partial charge < -0.3 is 16.3 Å². The summed E-state index contributed by atoms with van der Waals surface area (Å²) < 4.78 is 0. The van der Waals surface area contributed by atoms with E-state index >= 15 is 0 Å². The lowest BCUT2D eigenvalue weighted by Gasteiger charge is -2.30. The minimum Gasteiger partial charge on any atom is -0.409 e. The number of hydrogen-bond donors (Lipinski definition) is 3. The molecule has 0 atom stereocenters. The van der Waals surface area contributed by atoms with E-state index in [1.54, 1.807) is 0 Å². The minimum absolute atomic E-state index is 0.0334. The second-order valence-electron chi connectivity index (χ2n) is 5.38. The van der Waals surface area contributed by atoms with Crippen LogP contribution in [0.15, 0.2) is 5.16 Å². The van der Waals surface area contributed by atoms with Crippen LogP contribution in [0.25, 0.3) is 0 Å². The molecule has 0 rings (SSSR count). The first-order valence-electron chi connectivity index (χ1n) is 7.84. The number of amidine groups is 1. The van der Waals surface area contributed by atoms with E-state index in [0.717, 1.165) is 31.4 Å². The van der Waals surface area contributed by atoms with Gasteiger partial charge in [-0.15, -0.1) is 0 Å². The number of hydrogen-bond acceptors (Lipinski definition) is 4. The van der Waals surface area contributed by atoms with Gasteiger partial charge in [0.2, 0.25) is 5.91 Å². The van der Waals surface area contributed by atoms with Crippen molar-refractivity contribution >= 4 is 23.5 Å². The largest absolute Gasteiger partial charge is 0.409 e. The van der Waals surface area contributed by atoms with Crippen LogP contribution in [0.2, 0.25) is 0 Å². The zero-order valence-corrected chi connectivity index (χ0v) is 14.5. The van der Waals surface area contributed by atoms with E-state index in [-0.39, 0.29) is 11.7 Å². The van der Waals surface area contributed by atoms with Crippen molar-refractivity contribution in [1.29, 1.82) is 0 Å². The smallest absolute Gasteiger partial charge is 0.233 e. The zero-order valence-electron chi connectivity index (χ0n) is 13.7. The van der Waals surface area contributed by atoms with Gasteiger partial charge in [-0.2, -0.15) is 11.8 Å². The fraction of sp³-hybridized carbons (Fsp3) is 0.867. The topological polar surface area (TPSA) is 87.7 Å². The molecule has 0 fully saturated rings. The van der Waals surface area contributed by atoms with Crippen LogP contribution in [0.5, 0.6) is 0 Å². The molecular weight excluding hydrogens is 286 g/mol. The molecule has 0 aromatic rings.